The number of hydrogen-bond acceptors (Lipinski definition) is 3. The number of hydrogen-bond donors (Lipinski definition) is 1. The molecule has 0 aliphatic heterocycles. The molecule has 3 aromatic rings. The van der Waals surface area contributed by atoms with Gasteiger partial charge >= 0.3 is 5.97 Å². The van der Waals surface area contributed by atoms with Gasteiger partial charge in [-0.2, -0.15) is 0 Å². The predicted octanol–water partition coefficient (Wildman–Crippen LogP) is 6.68. The molecule has 0 radical (unpaired) electrons. The molecule has 5 heteroatoms. The molecule has 0 saturated heterocycles. The summed E-state index contributed by atoms with van der Waals surface area (Å²) in [6.07, 6.45) is 4.09. The summed E-state index contributed by atoms with van der Waals surface area (Å²) >= 11 is 0. The van der Waals surface area contributed by atoms with Crippen molar-refractivity contribution in [2.45, 2.75) is 39.7 Å². The molecule has 0 saturated carbocycles. The van der Waals surface area contributed by atoms with Crippen LogP contribution in [0.2, 0.25) is 0 Å². The van der Waals surface area contributed by atoms with Crippen LogP contribution in [0.4, 0.5) is 0 Å². The van der Waals surface area contributed by atoms with Crippen LogP contribution in [0.15, 0.2) is 78.4 Å². The minimum Gasteiger partial charge on any atom is -0.493 e. The Labute approximate surface area is 207 Å². The van der Waals surface area contributed by atoms with Gasteiger partial charge in [-0.15, -0.1) is 0 Å². The number of ether oxygens (including phenoxy) is 1. The van der Waals surface area contributed by atoms with E-state index in [0.717, 1.165) is 40.8 Å². The van der Waals surface area contributed by atoms with Crippen molar-refractivity contribution in [2.75, 3.05) is 13.7 Å². The summed E-state index contributed by atoms with van der Waals surface area (Å²) in [6.45, 7) is 5.01. The largest absolute Gasteiger partial charge is 0.493 e. The third-order valence-electron chi connectivity index (χ3n) is 5.78. The molecule has 3 rings (SSSR count). The SMILES string of the molecule is CCCCOc1cc(/C=C(\CC)C(=O)O)ccc1-c1cccc(CN(C)C(=O)c2ccccc2)c1. The Morgan fingerprint density at radius 2 is 1.74 bits per heavy atom. The van der Waals surface area contributed by atoms with E-state index in [1.807, 2.05) is 73.7 Å². The molecule has 35 heavy (non-hydrogen) atoms. The van der Waals surface area contributed by atoms with Crippen LogP contribution in [0.1, 0.15) is 54.6 Å². The van der Waals surface area contributed by atoms with Crippen LogP contribution in [0.25, 0.3) is 17.2 Å². The van der Waals surface area contributed by atoms with E-state index < -0.39 is 5.97 Å². The van der Waals surface area contributed by atoms with E-state index in [0.29, 0.717) is 30.7 Å². The molecule has 1 amide bonds. The standard InChI is InChI=1S/C30H33NO4/c1-4-6-17-35-28-20-22(18-24(5-2)30(33)34)15-16-27(28)26-14-10-11-23(19-26)21-31(3)29(32)25-12-8-7-9-13-25/h7-16,18-20H,4-6,17,21H2,1-3H3,(H,33,34)/b24-18+. The Hall–Kier alpha value is -3.86. The number of unbranched alkanes of at least 4 members (excludes halogenated alkanes) is 1. The van der Waals surface area contributed by atoms with Gasteiger partial charge in [0.25, 0.3) is 5.91 Å². The second kappa shape index (κ2) is 12.6. The van der Waals surface area contributed by atoms with Gasteiger partial charge < -0.3 is 14.7 Å². The van der Waals surface area contributed by atoms with Gasteiger partial charge in [0.2, 0.25) is 0 Å². The first-order valence-electron chi connectivity index (χ1n) is 12.0. The number of benzene rings is 3. The van der Waals surface area contributed by atoms with Crippen molar-refractivity contribution in [1.82, 2.24) is 4.90 Å². The van der Waals surface area contributed by atoms with E-state index in [4.69, 9.17) is 4.74 Å². The smallest absolute Gasteiger partial charge is 0.331 e. The number of amides is 1. The van der Waals surface area contributed by atoms with Crippen molar-refractivity contribution >= 4 is 18.0 Å². The van der Waals surface area contributed by atoms with E-state index in [1.165, 1.54) is 0 Å². The maximum atomic E-state index is 12.8. The summed E-state index contributed by atoms with van der Waals surface area (Å²) in [4.78, 5) is 25.9. The fourth-order valence-electron chi connectivity index (χ4n) is 3.81. The highest BCUT2D eigenvalue weighted by Gasteiger charge is 2.14. The van der Waals surface area contributed by atoms with Crippen molar-refractivity contribution in [2.24, 2.45) is 0 Å². The van der Waals surface area contributed by atoms with Crippen LogP contribution in [0.5, 0.6) is 5.75 Å². The van der Waals surface area contributed by atoms with Gasteiger partial charge in [-0.1, -0.05) is 68.8 Å². The highest BCUT2D eigenvalue weighted by Crippen LogP contribution is 2.33. The number of carbonyl (C=O) groups excluding carboxylic acids is 1. The minimum atomic E-state index is -0.910. The van der Waals surface area contributed by atoms with Gasteiger partial charge in [-0.3, -0.25) is 4.79 Å². The lowest BCUT2D eigenvalue weighted by molar-refractivity contribution is -0.132. The molecule has 182 valence electrons. The zero-order valence-electron chi connectivity index (χ0n) is 20.7. The van der Waals surface area contributed by atoms with Crippen LogP contribution in [0, 0.1) is 0 Å². The summed E-state index contributed by atoms with van der Waals surface area (Å²) < 4.78 is 6.12. The molecule has 0 spiro atoms. The molecular weight excluding hydrogens is 438 g/mol. The van der Waals surface area contributed by atoms with Gasteiger partial charge in [-0.25, -0.2) is 4.79 Å². The van der Waals surface area contributed by atoms with Gasteiger partial charge in [0.05, 0.1) is 6.61 Å². The molecule has 0 fully saturated rings. The van der Waals surface area contributed by atoms with E-state index in [1.54, 1.807) is 18.0 Å². The molecule has 5 nitrogen and oxygen atoms in total. The molecule has 0 bridgehead atoms. The molecule has 0 aliphatic rings. The lowest BCUT2D eigenvalue weighted by atomic mass is 9.99. The van der Waals surface area contributed by atoms with Crippen LogP contribution in [0.3, 0.4) is 0 Å². The topological polar surface area (TPSA) is 66.8 Å². The van der Waals surface area contributed by atoms with Gasteiger partial charge in [0.1, 0.15) is 5.75 Å². The Kier molecular flexibility index (Phi) is 9.24. The third kappa shape index (κ3) is 7.06. The Morgan fingerprint density at radius 3 is 2.43 bits per heavy atom. The average Bonchev–Trinajstić information content (AvgIpc) is 2.87. The van der Waals surface area contributed by atoms with Crippen LogP contribution in [-0.2, 0) is 11.3 Å². The lowest BCUT2D eigenvalue weighted by Crippen LogP contribution is -2.26. The maximum Gasteiger partial charge on any atom is 0.331 e. The minimum absolute atomic E-state index is 0.0270. The first-order chi connectivity index (χ1) is 16.9. The molecule has 1 N–H and O–H groups in total. The number of carbonyl (C=O) groups is 2. The van der Waals surface area contributed by atoms with E-state index in [9.17, 15) is 14.7 Å². The Morgan fingerprint density at radius 1 is 0.971 bits per heavy atom. The second-order valence-corrected chi connectivity index (χ2v) is 8.51. The molecule has 0 unspecified atom stereocenters. The first-order valence-corrected chi connectivity index (χ1v) is 12.0. The molecule has 0 atom stereocenters. The van der Waals surface area contributed by atoms with Gasteiger partial charge in [0.15, 0.2) is 0 Å². The van der Waals surface area contributed by atoms with Crippen molar-refractivity contribution < 1.29 is 19.4 Å². The van der Waals surface area contributed by atoms with Crippen LogP contribution >= 0.6 is 0 Å². The third-order valence-corrected chi connectivity index (χ3v) is 5.78. The van der Waals surface area contributed by atoms with E-state index in [-0.39, 0.29) is 5.91 Å². The monoisotopic (exact) mass is 471 g/mol. The molecule has 0 heterocycles. The highest BCUT2D eigenvalue weighted by atomic mass is 16.5. The summed E-state index contributed by atoms with van der Waals surface area (Å²) in [5.41, 5.74) is 4.74. The van der Waals surface area contributed by atoms with Crippen LogP contribution in [-0.4, -0.2) is 35.5 Å². The van der Waals surface area contributed by atoms with Gasteiger partial charge in [-0.05, 0) is 59.9 Å². The summed E-state index contributed by atoms with van der Waals surface area (Å²) in [7, 11) is 1.80. The molecule has 0 aliphatic carbocycles. The number of nitrogens with zero attached hydrogens (tertiary/aromatic N) is 1. The zero-order valence-corrected chi connectivity index (χ0v) is 20.7. The van der Waals surface area contributed by atoms with Crippen molar-refractivity contribution in [3.05, 3.63) is 95.1 Å². The summed E-state index contributed by atoms with van der Waals surface area (Å²) in [5, 5.41) is 9.40. The number of rotatable bonds is 11. The lowest BCUT2D eigenvalue weighted by Gasteiger charge is -2.18. The van der Waals surface area contributed by atoms with Crippen LogP contribution < -0.4 is 4.74 Å². The summed E-state index contributed by atoms with van der Waals surface area (Å²) in [5.74, 6) is -0.216. The predicted molar refractivity (Wildman–Crippen MR) is 140 cm³/mol. The first kappa shape index (κ1) is 25.8. The summed E-state index contributed by atoms with van der Waals surface area (Å²) in [6, 6.07) is 23.1. The number of carboxylic acids is 1. The van der Waals surface area contributed by atoms with Gasteiger partial charge in [0, 0.05) is 30.3 Å². The normalized spacial score (nSPS) is 11.2. The number of carboxylic acid groups (broad SMARTS) is 1. The maximum absolute atomic E-state index is 12.8. The van der Waals surface area contributed by atoms with Crippen molar-refractivity contribution in [1.29, 1.82) is 0 Å². The molecule has 3 aromatic carbocycles. The fraction of sp³-hybridized carbons (Fsp3) is 0.267. The van der Waals surface area contributed by atoms with E-state index >= 15 is 0 Å². The quantitative estimate of drug-likeness (QED) is 0.250. The van der Waals surface area contributed by atoms with Crippen molar-refractivity contribution in [3.63, 3.8) is 0 Å². The second-order valence-electron chi connectivity index (χ2n) is 8.51. The molecule has 0 aromatic heterocycles. The molecular formula is C30H33NO4. The highest BCUT2D eigenvalue weighted by molar-refractivity contribution is 5.94. The zero-order chi connectivity index (χ0) is 25.2. The Balaban J connectivity index is 1.89. The number of aliphatic carboxylic acids is 1. The Bertz CT molecular complexity index is 1180. The van der Waals surface area contributed by atoms with Crippen molar-refractivity contribution in [3.8, 4) is 16.9 Å². The van der Waals surface area contributed by atoms with E-state index in [2.05, 4.69) is 13.0 Å². The fourth-order valence-corrected chi connectivity index (χ4v) is 3.81. The average molecular weight is 472 g/mol.